The Kier molecular flexibility index (Phi) is 4.55. The molecule has 0 aromatic heterocycles. The molecule has 100 valence electrons. The number of carboxylic acids is 1. The van der Waals surface area contributed by atoms with Gasteiger partial charge in [0.2, 0.25) is 0 Å². The molecular formula is C13H25NO3. The van der Waals surface area contributed by atoms with Crippen molar-refractivity contribution in [3.05, 3.63) is 0 Å². The van der Waals surface area contributed by atoms with E-state index in [1.54, 1.807) is 0 Å². The first kappa shape index (κ1) is 14.5. The van der Waals surface area contributed by atoms with Crippen LogP contribution >= 0.6 is 0 Å². The van der Waals surface area contributed by atoms with Crippen LogP contribution in [0.4, 0.5) is 0 Å². The minimum Gasteiger partial charge on any atom is -0.480 e. The molecule has 0 bridgehead atoms. The summed E-state index contributed by atoms with van der Waals surface area (Å²) in [6.45, 7) is 8.86. The molecule has 0 aliphatic heterocycles. The van der Waals surface area contributed by atoms with Crippen LogP contribution in [0.15, 0.2) is 0 Å². The Morgan fingerprint density at radius 3 is 2.35 bits per heavy atom. The Balaban J connectivity index is 2.72. The molecule has 2 N–H and O–H groups in total. The largest absolute Gasteiger partial charge is 0.480 e. The number of hydrogen-bond donors (Lipinski definition) is 2. The number of aliphatic carboxylic acids is 1. The second-order valence-electron chi connectivity index (χ2n) is 5.88. The van der Waals surface area contributed by atoms with Crippen LogP contribution in [-0.4, -0.2) is 35.4 Å². The van der Waals surface area contributed by atoms with Gasteiger partial charge in [-0.25, -0.2) is 0 Å². The lowest BCUT2D eigenvalue weighted by Gasteiger charge is -2.33. The topological polar surface area (TPSA) is 58.6 Å². The van der Waals surface area contributed by atoms with Crippen molar-refractivity contribution in [2.24, 2.45) is 5.92 Å². The summed E-state index contributed by atoms with van der Waals surface area (Å²) in [4.78, 5) is 11.6. The van der Waals surface area contributed by atoms with Gasteiger partial charge in [0.15, 0.2) is 0 Å². The highest BCUT2D eigenvalue weighted by Crippen LogP contribution is 2.40. The van der Waals surface area contributed by atoms with E-state index < -0.39 is 11.5 Å². The predicted molar refractivity (Wildman–Crippen MR) is 67.1 cm³/mol. The van der Waals surface area contributed by atoms with Crippen LogP contribution in [0.2, 0.25) is 0 Å². The zero-order valence-corrected chi connectivity index (χ0v) is 11.4. The number of carboxylic acid groups (broad SMARTS) is 1. The van der Waals surface area contributed by atoms with Gasteiger partial charge in [0, 0.05) is 0 Å². The molecule has 1 aliphatic rings. The van der Waals surface area contributed by atoms with E-state index in [-0.39, 0.29) is 18.1 Å². The molecule has 1 atom stereocenters. The normalized spacial score (nSPS) is 20.0. The van der Waals surface area contributed by atoms with Crippen LogP contribution in [0.25, 0.3) is 0 Å². The predicted octanol–water partition coefficient (Wildman–Crippen LogP) is 2.03. The minimum absolute atomic E-state index is 0.217. The second kappa shape index (κ2) is 5.36. The molecule has 0 aromatic rings. The highest BCUT2D eigenvalue weighted by atomic mass is 16.5. The maximum atomic E-state index is 11.6. The third-order valence-corrected chi connectivity index (χ3v) is 3.08. The molecule has 4 heteroatoms. The van der Waals surface area contributed by atoms with Crippen molar-refractivity contribution in [2.45, 2.75) is 58.1 Å². The van der Waals surface area contributed by atoms with Crippen LogP contribution < -0.4 is 5.32 Å². The van der Waals surface area contributed by atoms with Crippen molar-refractivity contribution in [3.63, 3.8) is 0 Å². The van der Waals surface area contributed by atoms with Gasteiger partial charge in [0.25, 0.3) is 0 Å². The first-order valence-electron chi connectivity index (χ1n) is 6.44. The Bertz CT molecular complexity index is 268. The molecule has 1 unspecified atom stereocenters. The van der Waals surface area contributed by atoms with E-state index in [2.05, 4.69) is 5.32 Å². The van der Waals surface area contributed by atoms with Crippen LogP contribution in [0.3, 0.4) is 0 Å². The average Bonchev–Trinajstić information content (AvgIpc) is 3.00. The SMILES string of the molecule is CCCNC(COC(C)(C)C)(C(=O)O)C1CC1. The first-order valence-corrected chi connectivity index (χ1v) is 6.44. The Labute approximate surface area is 104 Å². The van der Waals surface area contributed by atoms with Gasteiger partial charge in [-0.2, -0.15) is 0 Å². The van der Waals surface area contributed by atoms with Gasteiger partial charge >= 0.3 is 5.97 Å². The number of carbonyl (C=O) groups is 1. The van der Waals surface area contributed by atoms with Crippen molar-refractivity contribution < 1.29 is 14.6 Å². The van der Waals surface area contributed by atoms with E-state index in [0.717, 1.165) is 25.8 Å². The molecule has 0 spiro atoms. The van der Waals surface area contributed by atoms with Gasteiger partial charge in [-0.15, -0.1) is 0 Å². The summed E-state index contributed by atoms with van der Waals surface area (Å²) in [5.74, 6) is -0.563. The van der Waals surface area contributed by atoms with E-state index in [4.69, 9.17) is 4.74 Å². The van der Waals surface area contributed by atoms with E-state index in [0.29, 0.717) is 0 Å². The molecule has 0 aromatic carbocycles. The fourth-order valence-electron chi connectivity index (χ4n) is 1.88. The molecule has 4 nitrogen and oxygen atoms in total. The zero-order valence-electron chi connectivity index (χ0n) is 11.4. The van der Waals surface area contributed by atoms with E-state index in [9.17, 15) is 9.90 Å². The summed E-state index contributed by atoms with van der Waals surface area (Å²) in [6.07, 6.45) is 2.89. The van der Waals surface area contributed by atoms with Crippen molar-refractivity contribution in [2.75, 3.05) is 13.2 Å². The maximum Gasteiger partial charge on any atom is 0.326 e. The van der Waals surface area contributed by atoms with Gasteiger partial charge in [-0.3, -0.25) is 10.1 Å². The quantitative estimate of drug-likeness (QED) is 0.718. The highest BCUT2D eigenvalue weighted by Gasteiger charge is 2.51. The van der Waals surface area contributed by atoms with E-state index in [1.807, 2.05) is 27.7 Å². The molecule has 0 saturated heterocycles. The van der Waals surface area contributed by atoms with Crippen LogP contribution in [0.5, 0.6) is 0 Å². The van der Waals surface area contributed by atoms with E-state index >= 15 is 0 Å². The maximum absolute atomic E-state index is 11.6. The van der Waals surface area contributed by atoms with Crippen LogP contribution in [0, 0.1) is 5.92 Å². The molecule has 1 fully saturated rings. The molecular weight excluding hydrogens is 218 g/mol. The molecule has 0 amide bonds. The monoisotopic (exact) mass is 243 g/mol. The zero-order chi connectivity index (χ0) is 13.1. The van der Waals surface area contributed by atoms with Crippen molar-refractivity contribution in [1.29, 1.82) is 0 Å². The van der Waals surface area contributed by atoms with E-state index in [1.165, 1.54) is 0 Å². The van der Waals surface area contributed by atoms with Gasteiger partial charge in [0.1, 0.15) is 5.54 Å². The molecule has 1 aliphatic carbocycles. The Morgan fingerprint density at radius 1 is 1.41 bits per heavy atom. The molecule has 0 radical (unpaired) electrons. The van der Waals surface area contributed by atoms with Crippen molar-refractivity contribution >= 4 is 5.97 Å². The Hall–Kier alpha value is -0.610. The van der Waals surface area contributed by atoms with Gasteiger partial charge in [0.05, 0.1) is 12.2 Å². The number of rotatable bonds is 7. The number of hydrogen-bond acceptors (Lipinski definition) is 3. The molecule has 17 heavy (non-hydrogen) atoms. The fraction of sp³-hybridized carbons (Fsp3) is 0.923. The smallest absolute Gasteiger partial charge is 0.326 e. The second-order valence-corrected chi connectivity index (χ2v) is 5.88. The van der Waals surface area contributed by atoms with Crippen LogP contribution in [0.1, 0.15) is 47.0 Å². The summed E-state index contributed by atoms with van der Waals surface area (Å²) >= 11 is 0. The average molecular weight is 243 g/mol. The Morgan fingerprint density at radius 2 is 2.00 bits per heavy atom. The van der Waals surface area contributed by atoms with Gasteiger partial charge < -0.3 is 9.84 Å². The molecule has 0 heterocycles. The third-order valence-electron chi connectivity index (χ3n) is 3.08. The molecule has 1 rings (SSSR count). The van der Waals surface area contributed by atoms with Crippen molar-refractivity contribution in [1.82, 2.24) is 5.32 Å². The standard InChI is InChI=1S/C13H25NO3/c1-5-8-14-13(11(15)16,10-6-7-10)9-17-12(2,3)4/h10,14H,5-9H2,1-4H3,(H,15,16). The summed E-state index contributed by atoms with van der Waals surface area (Å²) < 4.78 is 5.71. The van der Waals surface area contributed by atoms with Crippen LogP contribution in [-0.2, 0) is 9.53 Å². The van der Waals surface area contributed by atoms with Gasteiger partial charge in [-0.1, -0.05) is 6.92 Å². The number of ether oxygens (including phenoxy) is 1. The third kappa shape index (κ3) is 3.96. The first-order chi connectivity index (χ1) is 7.82. The summed E-state index contributed by atoms with van der Waals surface area (Å²) in [5, 5.41) is 12.7. The minimum atomic E-state index is -0.886. The van der Waals surface area contributed by atoms with Gasteiger partial charge in [-0.05, 0) is 52.5 Å². The lowest BCUT2D eigenvalue weighted by atomic mass is 9.93. The summed E-state index contributed by atoms with van der Waals surface area (Å²) in [7, 11) is 0. The fourth-order valence-corrected chi connectivity index (χ4v) is 1.88. The summed E-state index contributed by atoms with van der Waals surface area (Å²) in [6, 6.07) is 0. The van der Waals surface area contributed by atoms with Crippen molar-refractivity contribution in [3.8, 4) is 0 Å². The molecule has 1 saturated carbocycles. The lowest BCUT2D eigenvalue weighted by molar-refractivity contribution is -0.152. The number of nitrogens with one attached hydrogen (secondary N) is 1. The lowest BCUT2D eigenvalue weighted by Crippen LogP contribution is -2.58. The highest BCUT2D eigenvalue weighted by molar-refractivity contribution is 5.80. The summed E-state index contributed by atoms with van der Waals surface area (Å²) in [5.41, 5.74) is -1.19.